The van der Waals surface area contributed by atoms with Gasteiger partial charge in [0, 0.05) is 11.8 Å². The zero-order chi connectivity index (χ0) is 31.7. The van der Waals surface area contributed by atoms with E-state index in [2.05, 4.69) is 6.08 Å². The Morgan fingerprint density at radius 1 is 0.609 bits per heavy atom. The molecular formula is C38H34N2O6. The molecule has 4 amide bonds. The molecule has 0 radical (unpaired) electrons. The number of hydrogen-bond donors (Lipinski definition) is 0. The number of benzene rings is 3. The van der Waals surface area contributed by atoms with Crippen LogP contribution in [0.15, 0.2) is 96.6 Å². The van der Waals surface area contributed by atoms with Gasteiger partial charge in [0.15, 0.2) is 0 Å². The van der Waals surface area contributed by atoms with Crippen LogP contribution < -0.4 is 19.3 Å². The number of amides is 4. The molecule has 0 spiro atoms. The summed E-state index contributed by atoms with van der Waals surface area (Å²) in [6, 6.07) is 24.0. The average molecular weight is 615 g/mol. The number of nitrogens with zero attached hydrogens (tertiary/aromatic N) is 2. The highest BCUT2D eigenvalue weighted by atomic mass is 16.5. The van der Waals surface area contributed by atoms with Crippen molar-refractivity contribution in [3.05, 3.63) is 102 Å². The number of imide groups is 2. The third kappa shape index (κ3) is 4.05. The average Bonchev–Trinajstić information content (AvgIpc) is 3.51. The summed E-state index contributed by atoms with van der Waals surface area (Å²) in [5.74, 6) is -3.07. The van der Waals surface area contributed by atoms with Crippen LogP contribution in [0.1, 0.15) is 25.8 Å². The van der Waals surface area contributed by atoms with Gasteiger partial charge in [0.2, 0.25) is 23.6 Å². The summed E-state index contributed by atoms with van der Waals surface area (Å²) in [6.07, 6.45) is 4.51. The molecule has 2 heterocycles. The molecule has 3 aromatic carbocycles. The van der Waals surface area contributed by atoms with Gasteiger partial charge in [0.1, 0.15) is 11.5 Å². The van der Waals surface area contributed by atoms with Crippen LogP contribution in [0.3, 0.4) is 0 Å². The minimum atomic E-state index is -0.623. The third-order valence-electron chi connectivity index (χ3n) is 10.4. The molecule has 7 unspecified atom stereocenters. The lowest BCUT2D eigenvalue weighted by Gasteiger charge is -2.51. The molecule has 3 aromatic rings. The molecule has 2 aliphatic heterocycles. The van der Waals surface area contributed by atoms with Gasteiger partial charge < -0.3 is 9.47 Å². The predicted molar refractivity (Wildman–Crippen MR) is 172 cm³/mol. The van der Waals surface area contributed by atoms with Gasteiger partial charge in [-0.25, -0.2) is 0 Å². The fourth-order valence-electron chi connectivity index (χ4n) is 8.74. The highest BCUT2D eigenvalue weighted by Crippen LogP contribution is 2.63. The molecule has 0 aromatic heterocycles. The number of carbonyl (C=O) groups is 4. The first kappa shape index (κ1) is 28.5. The number of anilines is 2. The maximum absolute atomic E-state index is 14.4. The predicted octanol–water partition coefficient (Wildman–Crippen LogP) is 5.68. The van der Waals surface area contributed by atoms with Gasteiger partial charge in [-0.3, -0.25) is 29.0 Å². The topological polar surface area (TPSA) is 93.2 Å². The molecule has 232 valence electrons. The van der Waals surface area contributed by atoms with E-state index in [1.165, 1.54) is 9.80 Å². The van der Waals surface area contributed by atoms with E-state index in [9.17, 15) is 19.2 Å². The highest BCUT2D eigenvalue weighted by molar-refractivity contribution is 6.24. The number of ether oxygens (including phenoxy) is 2. The van der Waals surface area contributed by atoms with Crippen LogP contribution in [-0.4, -0.2) is 36.8 Å². The zero-order valence-electron chi connectivity index (χ0n) is 25.7. The van der Waals surface area contributed by atoms with E-state index in [0.717, 1.165) is 16.7 Å². The fourth-order valence-corrected chi connectivity index (χ4v) is 8.74. The molecule has 2 bridgehead atoms. The summed E-state index contributed by atoms with van der Waals surface area (Å²) in [5, 5.41) is 0. The van der Waals surface area contributed by atoms with Gasteiger partial charge in [-0.2, -0.15) is 0 Å². The Bertz CT molecular complexity index is 1810. The lowest BCUT2D eigenvalue weighted by molar-refractivity contribution is -0.129. The van der Waals surface area contributed by atoms with Crippen molar-refractivity contribution in [1.29, 1.82) is 0 Å². The number of rotatable bonds is 7. The van der Waals surface area contributed by atoms with E-state index >= 15 is 0 Å². The highest BCUT2D eigenvalue weighted by Gasteiger charge is 2.67. The lowest BCUT2D eigenvalue weighted by Crippen LogP contribution is -2.51. The van der Waals surface area contributed by atoms with Crippen LogP contribution in [0.25, 0.3) is 5.57 Å². The van der Waals surface area contributed by atoms with Crippen molar-refractivity contribution in [2.45, 2.75) is 20.3 Å². The van der Waals surface area contributed by atoms with E-state index < -0.39 is 29.6 Å². The van der Waals surface area contributed by atoms with Gasteiger partial charge in [0.25, 0.3) is 0 Å². The molecule has 0 N–H and O–H groups in total. The molecule has 4 aliphatic carbocycles. The summed E-state index contributed by atoms with van der Waals surface area (Å²) >= 11 is 0. The van der Waals surface area contributed by atoms with Crippen molar-refractivity contribution >= 4 is 40.6 Å². The van der Waals surface area contributed by atoms with E-state index in [1.54, 1.807) is 48.5 Å². The van der Waals surface area contributed by atoms with E-state index in [1.807, 2.05) is 50.3 Å². The van der Waals surface area contributed by atoms with Crippen molar-refractivity contribution in [2.75, 3.05) is 23.0 Å². The van der Waals surface area contributed by atoms with Crippen LogP contribution in [0.5, 0.6) is 11.5 Å². The van der Waals surface area contributed by atoms with Crippen molar-refractivity contribution in [2.24, 2.45) is 41.4 Å². The van der Waals surface area contributed by atoms with E-state index in [4.69, 9.17) is 9.47 Å². The quantitative estimate of drug-likeness (QED) is 0.251. The molecule has 8 nitrogen and oxygen atoms in total. The first-order valence-electron chi connectivity index (χ1n) is 16.1. The van der Waals surface area contributed by atoms with Crippen molar-refractivity contribution < 1.29 is 28.7 Å². The normalized spacial score (nSPS) is 29.3. The maximum atomic E-state index is 14.4. The first-order valence-corrected chi connectivity index (χ1v) is 16.1. The van der Waals surface area contributed by atoms with Gasteiger partial charge in [-0.05, 0) is 85.9 Å². The standard InChI is InChI=1S/C38H34N2O6/c1-3-45-24-14-10-22(11-15-24)39-35(41)29-20-28(21-8-6-5-7-9-21)30-26-18-19-27(31(30)34(29)38(39)44)33-32(26)36(42)40(37(33)43)23-12-16-25(17-13-23)46-4-2/h5-19,26-27,29,31-34H,3-4,20H2,1-2H3. The van der Waals surface area contributed by atoms with Gasteiger partial charge >= 0.3 is 0 Å². The number of carbonyl (C=O) groups excluding carboxylic acids is 4. The second-order valence-corrected chi connectivity index (χ2v) is 12.6. The molecule has 9 rings (SSSR count). The van der Waals surface area contributed by atoms with Crippen molar-refractivity contribution in [1.82, 2.24) is 0 Å². The van der Waals surface area contributed by atoms with Gasteiger partial charge in [-0.15, -0.1) is 0 Å². The van der Waals surface area contributed by atoms with Crippen LogP contribution >= 0.6 is 0 Å². The monoisotopic (exact) mass is 614 g/mol. The molecule has 6 aliphatic rings. The molecule has 7 atom stereocenters. The van der Waals surface area contributed by atoms with Crippen LogP contribution in [0.2, 0.25) is 0 Å². The zero-order valence-corrected chi connectivity index (χ0v) is 25.7. The van der Waals surface area contributed by atoms with Crippen molar-refractivity contribution in [3.8, 4) is 11.5 Å². The summed E-state index contributed by atoms with van der Waals surface area (Å²) in [4.78, 5) is 59.7. The van der Waals surface area contributed by atoms with Crippen LogP contribution in [0, 0.1) is 41.4 Å². The Balaban J connectivity index is 1.22. The number of fused-ring (bicyclic) bond motifs is 1. The number of hydrogen-bond acceptors (Lipinski definition) is 6. The minimum absolute atomic E-state index is 0.219. The van der Waals surface area contributed by atoms with Crippen molar-refractivity contribution in [3.63, 3.8) is 0 Å². The minimum Gasteiger partial charge on any atom is -0.494 e. The molecular weight excluding hydrogens is 580 g/mol. The molecule has 1 saturated carbocycles. The Hall–Kier alpha value is -4.98. The van der Waals surface area contributed by atoms with E-state index in [-0.39, 0.29) is 35.5 Å². The Morgan fingerprint density at radius 2 is 1.15 bits per heavy atom. The fraction of sp³-hybridized carbons (Fsp3) is 0.316. The number of allylic oxidation sites excluding steroid dienone is 4. The summed E-state index contributed by atoms with van der Waals surface area (Å²) in [7, 11) is 0. The van der Waals surface area contributed by atoms with Crippen LogP contribution in [-0.2, 0) is 19.2 Å². The third-order valence-corrected chi connectivity index (χ3v) is 10.4. The molecule has 3 fully saturated rings. The lowest BCUT2D eigenvalue weighted by atomic mass is 9.49. The summed E-state index contributed by atoms with van der Waals surface area (Å²) in [5.41, 5.74) is 4.06. The smallest absolute Gasteiger partial charge is 0.238 e. The molecule has 2 saturated heterocycles. The first-order chi connectivity index (χ1) is 22.4. The summed E-state index contributed by atoms with van der Waals surface area (Å²) < 4.78 is 11.2. The maximum Gasteiger partial charge on any atom is 0.238 e. The Labute approximate surface area is 267 Å². The van der Waals surface area contributed by atoms with E-state index in [0.29, 0.717) is 42.5 Å². The Kier molecular flexibility index (Phi) is 6.71. The second-order valence-electron chi connectivity index (χ2n) is 12.6. The summed E-state index contributed by atoms with van der Waals surface area (Å²) in [6.45, 7) is 4.83. The molecule has 8 heteroatoms. The second kappa shape index (κ2) is 10.8. The van der Waals surface area contributed by atoms with Gasteiger partial charge in [0.05, 0.1) is 48.3 Å². The van der Waals surface area contributed by atoms with Crippen LogP contribution in [0.4, 0.5) is 11.4 Å². The SMILES string of the molecule is CCOc1ccc(N2C(=O)C3CC(c4ccccc4)=C4C5C=CC(C6C(=O)N(c7ccc(OCC)cc7)C(=O)C56)C4C3C2=O)cc1. The van der Waals surface area contributed by atoms with Gasteiger partial charge in [-0.1, -0.05) is 48.1 Å². The Morgan fingerprint density at radius 3 is 1.74 bits per heavy atom. The molecule has 46 heavy (non-hydrogen) atoms. The largest absolute Gasteiger partial charge is 0.494 e.